The van der Waals surface area contributed by atoms with Crippen LogP contribution in [0.5, 0.6) is 0 Å². The monoisotopic (exact) mass is 801 g/mol. The summed E-state index contributed by atoms with van der Waals surface area (Å²) in [6.45, 7) is 13.1. The normalized spacial score (nSPS) is 13.8. The first-order valence-corrected chi connectivity index (χ1v) is 26.6. The van der Waals surface area contributed by atoms with Crippen LogP contribution in [0.2, 0.25) is 0 Å². The number of carbonyl (C=O) groups is 1. The van der Waals surface area contributed by atoms with E-state index in [1.807, 2.05) is 20.8 Å². The molecular formula is C55H108O2. The molecule has 3 unspecified atom stereocenters. The van der Waals surface area contributed by atoms with Gasteiger partial charge in [-0.3, -0.25) is 4.79 Å². The number of unbranched alkanes of at least 4 members (excludes halogenated alkanes) is 36. The number of Topliss-reactive ketones (excluding diaryl/α,β-unsaturated/α-hetero) is 1. The van der Waals surface area contributed by atoms with E-state index in [9.17, 15) is 9.90 Å². The van der Waals surface area contributed by atoms with E-state index in [0.717, 1.165) is 31.6 Å². The molecule has 2 heteroatoms. The fourth-order valence-corrected chi connectivity index (χ4v) is 8.93. The van der Waals surface area contributed by atoms with Crippen LogP contribution in [0, 0.1) is 17.3 Å². The number of aliphatic hydroxyl groups excluding tert-OH is 1. The summed E-state index contributed by atoms with van der Waals surface area (Å²) < 4.78 is 0. The second-order valence-corrected chi connectivity index (χ2v) is 20.1. The van der Waals surface area contributed by atoms with Crippen molar-refractivity contribution in [1.29, 1.82) is 0 Å². The van der Waals surface area contributed by atoms with E-state index in [1.165, 1.54) is 244 Å². The molecule has 0 fully saturated rings. The molecule has 0 radical (unpaired) electrons. The Kier molecular flexibility index (Phi) is 43.0. The molecule has 0 spiro atoms. The Morgan fingerprint density at radius 1 is 0.421 bits per heavy atom. The molecule has 0 saturated heterocycles. The molecule has 0 bridgehead atoms. The van der Waals surface area contributed by atoms with Crippen LogP contribution in [-0.2, 0) is 4.79 Å². The average molecular weight is 801 g/mol. The summed E-state index contributed by atoms with van der Waals surface area (Å²) >= 11 is 0. The summed E-state index contributed by atoms with van der Waals surface area (Å²) in [6, 6.07) is 0. The number of rotatable bonds is 46. The zero-order valence-corrected chi connectivity index (χ0v) is 40.4. The Labute approximate surface area is 361 Å². The molecule has 0 aliphatic carbocycles. The number of hydrogen-bond acceptors (Lipinski definition) is 2. The SMILES string of the molecule is CCCCC/C=C/C(C)CCCCCCCCCCCCCCCCCCCC(O)C(CCCCCCCCCCCCCCCCCCCC)C(=O)C(C)(C)C. The fraction of sp³-hybridized carbons (Fsp3) is 0.945. The largest absolute Gasteiger partial charge is 0.392 e. The molecule has 0 aliphatic rings. The second-order valence-electron chi connectivity index (χ2n) is 20.1. The van der Waals surface area contributed by atoms with Gasteiger partial charge in [-0.1, -0.05) is 291 Å². The minimum atomic E-state index is -0.464. The second kappa shape index (κ2) is 43.5. The molecule has 0 amide bonds. The molecule has 3 atom stereocenters. The molecule has 0 aromatic rings. The highest BCUT2D eigenvalue weighted by Crippen LogP contribution is 2.29. The number of allylic oxidation sites excluding steroid dienone is 2. The number of carbonyl (C=O) groups excluding carboxylic acids is 1. The van der Waals surface area contributed by atoms with Gasteiger partial charge in [0.05, 0.1) is 6.10 Å². The van der Waals surface area contributed by atoms with Gasteiger partial charge in [0.1, 0.15) is 5.78 Å². The van der Waals surface area contributed by atoms with Gasteiger partial charge in [0.2, 0.25) is 0 Å². The summed E-state index contributed by atoms with van der Waals surface area (Å²) in [4.78, 5) is 13.3. The molecule has 57 heavy (non-hydrogen) atoms. The summed E-state index contributed by atoms with van der Waals surface area (Å²) in [7, 11) is 0. The van der Waals surface area contributed by atoms with Crippen LogP contribution in [0.1, 0.15) is 311 Å². The van der Waals surface area contributed by atoms with Crippen LogP contribution < -0.4 is 0 Å². The Morgan fingerprint density at radius 2 is 0.702 bits per heavy atom. The predicted molar refractivity (Wildman–Crippen MR) is 258 cm³/mol. The highest BCUT2D eigenvalue weighted by Gasteiger charge is 2.33. The summed E-state index contributed by atoms with van der Waals surface area (Å²) in [5, 5.41) is 11.2. The van der Waals surface area contributed by atoms with Crippen molar-refractivity contribution in [2.45, 2.75) is 317 Å². The van der Waals surface area contributed by atoms with Crippen molar-refractivity contribution >= 4 is 5.78 Å². The van der Waals surface area contributed by atoms with Crippen molar-refractivity contribution in [2.24, 2.45) is 17.3 Å². The highest BCUT2D eigenvalue weighted by atomic mass is 16.3. The first-order valence-electron chi connectivity index (χ1n) is 26.6. The van der Waals surface area contributed by atoms with Crippen LogP contribution in [0.25, 0.3) is 0 Å². The molecule has 2 nitrogen and oxygen atoms in total. The van der Waals surface area contributed by atoms with Gasteiger partial charge in [0.25, 0.3) is 0 Å². The molecule has 0 saturated carbocycles. The standard InChI is InChI=1S/C55H108O2/c1-7-9-11-13-14-15-16-17-18-19-22-25-28-31-34-37-41-45-49-52(54(57)55(4,5)6)53(56)50-46-42-38-35-32-29-26-23-20-21-24-27-30-33-36-40-44-48-51(3)47-43-39-12-10-8-2/h43,47,51-53,56H,7-42,44-46,48-50H2,1-6H3/b47-43+. The van der Waals surface area contributed by atoms with Crippen LogP contribution in [0.4, 0.5) is 0 Å². The third kappa shape index (κ3) is 40.5. The summed E-state index contributed by atoms with van der Waals surface area (Å²) in [6.07, 6.45) is 60.9. The average Bonchev–Trinajstić information content (AvgIpc) is 3.19. The Bertz CT molecular complexity index is 823. The van der Waals surface area contributed by atoms with Crippen LogP contribution in [0.3, 0.4) is 0 Å². The third-order valence-corrected chi connectivity index (χ3v) is 13.0. The summed E-state index contributed by atoms with van der Waals surface area (Å²) in [5.74, 6) is 0.859. The molecule has 340 valence electrons. The van der Waals surface area contributed by atoms with E-state index in [2.05, 4.69) is 32.9 Å². The zero-order chi connectivity index (χ0) is 41.9. The van der Waals surface area contributed by atoms with E-state index in [4.69, 9.17) is 0 Å². The first kappa shape index (κ1) is 56.4. The topological polar surface area (TPSA) is 37.3 Å². The minimum Gasteiger partial charge on any atom is -0.392 e. The van der Waals surface area contributed by atoms with E-state index in [-0.39, 0.29) is 17.1 Å². The number of ketones is 1. The lowest BCUT2D eigenvalue weighted by atomic mass is 9.77. The maximum absolute atomic E-state index is 13.3. The van der Waals surface area contributed by atoms with Crippen LogP contribution in [0.15, 0.2) is 12.2 Å². The van der Waals surface area contributed by atoms with Crippen LogP contribution in [-0.4, -0.2) is 17.0 Å². The lowest BCUT2D eigenvalue weighted by molar-refractivity contribution is -0.134. The van der Waals surface area contributed by atoms with Gasteiger partial charge in [-0.2, -0.15) is 0 Å². The van der Waals surface area contributed by atoms with E-state index in [1.54, 1.807) is 0 Å². The Hall–Kier alpha value is -0.630. The van der Waals surface area contributed by atoms with Crippen molar-refractivity contribution in [1.82, 2.24) is 0 Å². The number of aliphatic hydroxyl groups is 1. The van der Waals surface area contributed by atoms with Gasteiger partial charge in [-0.25, -0.2) is 0 Å². The molecule has 0 heterocycles. The van der Waals surface area contributed by atoms with Gasteiger partial charge in [0.15, 0.2) is 0 Å². The van der Waals surface area contributed by atoms with Crippen molar-refractivity contribution < 1.29 is 9.90 Å². The van der Waals surface area contributed by atoms with Crippen molar-refractivity contribution in [3.8, 4) is 0 Å². The van der Waals surface area contributed by atoms with Gasteiger partial charge < -0.3 is 5.11 Å². The van der Waals surface area contributed by atoms with Gasteiger partial charge in [-0.05, 0) is 38.0 Å². The highest BCUT2D eigenvalue weighted by molar-refractivity contribution is 5.86. The van der Waals surface area contributed by atoms with Crippen molar-refractivity contribution in [3.05, 3.63) is 12.2 Å². The fourth-order valence-electron chi connectivity index (χ4n) is 8.93. The van der Waals surface area contributed by atoms with E-state index >= 15 is 0 Å². The first-order chi connectivity index (χ1) is 27.7. The van der Waals surface area contributed by atoms with E-state index < -0.39 is 6.10 Å². The molecule has 0 rings (SSSR count). The molecule has 1 N–H and O–H groups in total. The van der Waals surface area contributed by atoms with E-state index in [0.29, 0.717) is 0 Å². The molecule has 0 aliphatic heterocycles. The minimum absolute atomic E-state index is 0.178. The zero-order valence-electron chi connectivity index (χ0n) is 40.4. The predicted octanol–water partition coefficient (Wildman–Crippen LogP) is 19.2. The maximum Gasteiger partial charge on any atom is 0.143 e. The lowest BCUT2D eigenvalue weighted by Gasteiger charge is -2.28. The van der Waals surface area contributed by atoms with Crippen LogP contribution >= 0.6 is 0 Å². The van der Waals surface area contributed by atoms with Gasteiger partial charge >= 0.3 is 0 Å². The van der Waals surface area contributed by atoms with Crippen molar-refractivity contribution in [3.63, 3.8) is 0 Å². The van der Waals surface area contributed by atoms with Gasteiger partial charge in [0, 0.05) is 11.3 Å². The third-order valence-electron chi connectivity index (χ3n) is 13.0. The Morgan fingerprint density at radius 3 is 1.04 bits per heavy atom. The van der Waals surface area contributed by atoms with Crippen molar-refractivity contribution in [2.75, 3.05) is 0 Å². The van der Waals surface area contributed by atoms with Gasteiger partial charge in [-0.15, -0.1) is 0 Å². The molecular weight excluding hydrogens is 693 g/mol. The molecule has 0 aromatic heterocycles. The molecule has 0 aromatic carbocycles. The quantitative estimate of drug-likeness (QED) is 0.0492. The Balaban J connectivity index is 3.72. The smallest absolute Gasteiger partial charge is 0.143 e. The summed E-state index contributed by atoms with van der Waals surface area (Å²) in [5.41, 5.74) is -0.372. The number of hydrogen-bond donors (Lipinski definition) is 1. The maximum atomic E-state index is 13.3. The lowest BCUT2D eigenvalue weighted by Crippen LogP contribution is -2.36.